The molecular weight excluding hydrogens is 833 g/mol. The number of aromatic nitrogens is 1. The summed E-state index contributed by atoms with van der Waals surface area (Å²) in [6.45, 7) is 4.71. The first-order valence-electron chi connectivity index (χ1n) is 24.0. The highest BCUT2D eigenvalue weighted by atomic mass is 15.1. The predicted molar refractivity (Wildman–Crippen MR) is 292 cm³/mol. The highest BCUT2D eigenvalue weighted by molar-refractivity contribution is 6.12. The van der Waals surface area contributed by atoms with Crippen LogP contribution in [0.1, 0.15) is 25.0 Å². The van der Waals surface area contributed by atoms with Crippen LogP contribution in [0.4, 0.5) is 17.1 Å². The van der Waals surface area contributed by atoms with E-state index in [4.69, 9.17) is 0 Å². The van der Waals surface area contributed by atoms with Crippen molar-refractivity contribution in [1.82, 2.24) is 4.57 Å². The molecule has 11 aromatic carbocycles. The molecule has 0 amide bonds. The van der Waals surface area contributed by atoms with Gasteiger partial charge in [0, 0.05) is 38.7 Å². The summed E-state index contributed by atoms with van der Waals surface area (Å²) in [6, 6.07) is 93.7. The van der Waals surface area contributed by atoms with E-state index >= 15 is 0 Å². The lowest BCUT2D eigenvalue weighted by atomic mass is 9.82. The topological polar surface area (TPSA) is 8.17 Å². The van der Waals surface area contributed by atoms with E-state index in [9.17, 15) is 0 Å². The molecule has 1 heterocycles. The fourth-order valence-electron chi connectivity index (χ4n) is 11.4. The minimum atomic E-state index is -0.0758. The molecule has 0 saturated heterocycles. The molecule has 12 aromatic rings. The van der Waals surface area contributed by atoms with E-state index in [0.717, 1.165) is 39.4 Å². The predicted octanol–water partition coefficient (Wildman–Crippen LogP) is 18.4. The zero-order valence-electron chi connectivity index (χ0n) is 38.6. The van der Waals surface area contributed by atoms with E-state index in [2.05, 4.69) is 278 Å². The van der Waals surface area contributed by atoms with Gasteiger partial charge in [-0.2, -0.15) is 0 Å². The van der Waals surface area contributed by atoms with Crippen LogP contribution >= 0.6 is 0 Å². The van der Waals surface area contributed by atoms with Crippen molar-refractivity contribution in [2.24, 2.45) is 0 Å². The van der Waals surface area contributed by atoms with Gasteiger partial charge < -0.3 is 9.47 Å². The number of nitrogens with zero attached hydrogens (tertiary/aromatic N) is 2. The molecule has 0 saturated carbocycles. The second kappa shape index (κ2) is 16.3. The maximum Gasteiger partial charge on any atom is 0.0541 e. The van der Waals surface area contributed by atoms with E-state index in [1.54, 1.807) is 0 Å². The molecule has 69 heavy (non-hydrogen) atoms. The van der Waals surface area contributed by atoms with Gasteiger partial charge in [0.25, 0.3) is 0 Å². The van der Waals surface area contributed by atoms with Crippen molar-refractivity contribution >= 4 is 49.6 Å². The first-order valence-corrected chi connectivity index (χ1v) is 24.0. The molecule has 326 valence electrons. The molecule has 2 heteroatoms. The van der Waals surface area contributed by atoms with Gasteiger partial charge in [-0.15, -0.1) is 0 Å². The van der Waals surface area contributed by atoms with E-state index in [1.165, 1.54) is 82.6 Å². The van der Waals surface area contributed by atoms with Crippen molar-refractivity contribution in [3.05, 3.63) is 266 Å². The summed E-state index contributed by atoms with van der Waals surface area (Å²) in [5.74, 6) is 0. The Morgan fingerprint density at radius 1 is 0.348 bits per heavy atom. The summed E-state index contributed by atoms with van der Waals surface area (Å²) in [5, 5.41) is 4.91. The standard InChI is InChI=1S/C67H48N2/c1-67(2)59-33-13-9-29-57(59)66-53(31-19-34-60(66)67)46-38-41-50(42-39-46)69(62-36-15-11-27-54(62)56-32-18-23-47-22-17-30-52(65(47)56)45-20-5-3-6-21-45)61-35-14-10-26-51(61)48-40-43-64-58(44-48)55-28-12-16-37-63(55)68(64)49-24-7-4-8-25-49/h3-44H,1-2H3. The van der Waals surface area contributed by atoms with Gasteiger partial charge >= 0.3 is 0 Å². The van der Waals surface area contributed by atoms with Gasteiger partial charge in [-0.25, -0.2) is 0 Å². The lowest BCUT2D eigenvalue weighted by Crippen LogP contribution is -2.14. The summed E-state index contributed by atoms with van der Waals surface area (Å²) in [4.78, 5) is 2.49. The van der Waals surface area contributed by atoms with Gasteiger partial charge in [-0.1, -0.05) is 214 Å². The Hall–Kier alpha value is -8.72. The molecule has 0 fully saturated rings. The SMILES string of the molecule is CC1(C)c2ccccc2-c2c(-c3ccc(N(c4ccccc4-c4ccc5c(c4)c4ccccc4n5-c4ccccc4)c4ccccc4-c4cccc5cccc(-c6ccccc6)c45)cc3)cccc21. The quantitative estimate of drug-likeness (QED) is 0.148. The van der Waals surface area contributed by atoms with Gasteiger partial charge in [-0.3, -0.25) is 0 Å². The average Bonchev–Trinajstić information content (AvgIpc) is 3.87. The van der Waals surface area contributed by atoms with E-state index in [1.807, 2.05) is 0 Å². The third-order valence-electron chi connectivity index (χ3n) is 14.6. The van der Waals surface area contributed by atoms with E-state index < -0.39 is 0 Å². The van der Waals surface area contributed by atoms with Crippen molar-refractivity contribution in [2.45, 2.75) is 19.3 Å². The molecule has 0 aliphatic heterocycles. The fourth-order valence-corrected chi connectivity index (χ4v) is 11.4. The van der Waals surface area contributed by atoms with Crippen molar-refractivity contribution in [3.8, 4) is 61.3 Å². The Bertz CT molecular complexity index is 3910. The Morgan fingerprint density at radius 2 is 0.884 bits per heavy atom. The molecule has 2 nitrogen and oxygen atoms in total. The number of anilines is 3. The highest BCUT2D eigenvalue weighted by Crippen LogP contribution is 2.53. The fraction of sp³-hybridized carbons (Fsp3) is 0.0448. The molecule has 13 rings (SSSR count). The van der Waals surface area contributed by atoms with Crippen LogP contribution in [-0.2, 0) is 5.41 Å². The van der Waals surface area contributed by atoms with Crippen LogP contribution in [0.5, 0.6) is 0 Å². The number of para-hydroxylation sites is 4. The maximum absolute atomic E-state index is 2.49. The average molecular weight is 881 g/mol. The minimum absolute atomic E-state index is 0.0758. The monoisotopic (exact) mass is 880 g/mol. The summed E-state index contributed by atoms with van der Waals surface area (Å²) in [5.41, 5.74) is 21.7. The number of rotatable bonds is 8. The number of benzene rings is 11. The molecule has 0 radical (unpaired) electrons. The third kappa shape index (κ3) is 6.55. The van der Waals surface area contributed by atoms with Crippen LogP contribution in [0.2, 0.25) is 0 Å². The Balaban J connectivity index is 1.03. The zero-order chi connectivity index (χ0) is 46.1. The third-order valence-corrected chi connectivity index (χ3v) is 14.6. The highest BCUT2D eigenvalue weighted by Gasteiger charge is 2.36. The van der Waals surface area contributed by atoms with Gasteiger partial charge in [-0.05, 0) is 121 Å². The summed E-state index contributed by atoms with van der Waals surface area (Å²) < 4.78 is 2.39. The summed E-state index contributed by atoms with van der Waals surface area (Å²) in [6.07, 6.45) is 0. The Kier molecular flexibility index (Phi) is 9.55. The number of fused-ring (bicyclic) bond motifs is 7. The molecule has 0 spiro atoms. The van der Waals surface area contributed by atoms with Crippen molar-refractivity contribution in [3.63, 3.8) is 0 Å². The minimum Gasteiger partial charge on any atom is -0.309 e. The molecule has 1 aliphatic carbocycles. The molecule has 1 aliphatic rings. The molecule has 0 bridgehead atoms. The molecule has 0 atom stereocenters. The van der Waals surface area contributed by atoms with Crippen molar-refractivity contribution < 1.29 is 0 Å². The second-order valence-corrected chi connectivity index (χ2v) is 18.8. The van der Waals surface area contributed by atoms with Crippen LogP contribution in [0.3, 0.4) is 0 Å². The first kappa shape index (κ1) is 40.5. The molecule has 1 aromatic heterocycles. The Morgan fingerprint density at radius 3 is 1.67 bits per heavy atom. The molecule has 0 N–H and O–H groups in total. The van der Waals surface area contributed by atoms with E-state index in [-0.39, 0.29) is 5.41 Å². The van der Waals surface area contributed by atoms with Crippen molar-refractivity contribution in [2.75, 3.05) is 4.90 Å². The van der Waals surface area contributed by atoms with Crippen LogP contribution in [-0.4, -0.2) is 4.57 Å². The summed E-state index contributed by atoms with van der Waals surface area (Å²) >= 11 is 0. The Labute approximate surface area is 403 Å². The normalized spacial score (nSPS) is 12.6. The summed E-state index contributed by atoms with van der Waals surface area (Å²) in [7, 11) is 0. The van der Waals surface area contributed by atoms with Crippen LogP contribution < -0.4 is 4.90 Å². The van der Waals surface area contributed by atoms with Gasteiger partial charge in [0.1, 0.15) is 0 Å². The number of hydrogen-bond acceptors (Lipinski definition) is 1. The lowest BCUT2D eigenvalue weighted by molar-refractivity contribution is 0.660. The lowest BCUT2D eigenvalue weighted by Gasteiger charge is -2.30. The van der Waals surface area contributed by atoms with Gasteiger partial charge in [0.15, 0.2) is 0 Å². The van der Waals surface area contributed by atoms with Crippen LogP contribution in [0.25, 0.3) is 93.9 Å². The largest absolute Gasteiger partial charge is 0.309 e. The molecular formula is C67H48N2. The first-order chi connectivity index (χ1) is 34.0. The van der Waals surface area contributed by atoms with Crippen LogP contribution in [0.15, 0.2) is 255 Å². The zero-order valence-corrected chi connectivity index (χ0v) is 38.6. The van der Waals surface area contributed by atoms with Gasteiger partial charge in [0.05, 0.1) is 22.4 Å². The maximum atomic E-state index is 2.49. The second-order valence-electron chi connectivity index (χ2n) is 18.8. The van der Waals surface area contributed by atoms with E-state index in [0.29, 0.717) is 0 Å². The number of hydrogen-bond donors (Lipinski definition) is 0. The molecule has 0 unspecified atom stereocenters. The van der Waals surface area contributed by atoms with Crippen molar-refractivity contribution in [1.29, 1.82) is 0 Å². The van der Waals surface area contributed by atoms with Gasteiger partial charge in [0.2, 0.25) is 0 Å². The smallest absolute Gasteiger partial charge is 0.0541 e. The van der Waals surface area contributed by atoms with Crippen LogP contribution in [0, 0.1) is 0 Å².